The van der Waals surface area contributed by atoms with Crippen LogP contribution in [0.15, 0.2) is 0 Å². The van der Waals surface area contributed by atoms with Crippen LogP contribution in [0.1, 0.15) is 5.82 Å². The molecule has 0 aromatic carbocycles. The number of rotatable bonds is 4. The highest BCUT2D eigenvalue weighted by atomic mass is 32.1. The SMILES string of the molecule is CO[C@@H]1O[C@H](CO)[C@H](O)[C@H](O)[C@@H]1Nc1nc(C#N)ns1. The van der Waals surface area contributed by atoms with Crippen LogP contribution in [0.2, 0.25) is 0 Å². The number of ether oxygens (including phenoxy) is 2. The Morgan fingerprint density at radius 1 is 1.50 bits per heavy atom. The fraction of sp³-hybridized carbons (Fsp3) is 0.700. The maximum atomic E-state index is 10.1. The predicted molar refractivity (Wildman–Crippen MR) is 66.8 cm³/mol. The molecule has 1 aromatic rings. The molecule has 4 N–H and O–H groups in total. The quantitative estimate of drug-likeness (QED) is 0.510. The van der Waals surface area contributed by atoms with Crippen LogP contribution in [0.4, 0.5) is 5.13 Å². The zero-order valence-electron chi connectivity index (χ0n) is 10.5. The minimum absolute atomic E-state index is 0.00599. The van der Waals surface area contributed by atoms with Crippen LogP contribution < -0.4 is 5.32 Å². The molecule has 0 saturated carbocycles. The van der Waals surface area contributed by atoms with Crippen LogP contribution in [-0.4, -0.2) is 69.0 Å². The molecule has 0 unspecified atom stereocenters. The van der Waals surface area contributed by atoms with Crippen molar-refractivity contribution in [2.75, 3.05) is 19.0 Å². The third-order valence-corrected chi connectivity index (χ3v) is 3.58. The summed E-state index contributed by atoms with van der Waals surface area (Å²) >= 11 is 0.942. The number of anilines is 1. The van der Waals surface area contributed by atoms with E-state index in [0.717, 1.165) is 11.5 Å². The van der Waals surface area contributed by atoms with Gasteiger partial charge in [-0.3, -0.25) is 0 Å². The van der Waals surface area contributed by atoms with Gasteiger partial charge in [0.2, 0.25) is 11.0 Å². The summed E-state index contributed by atoms with van der Waals surface area (Å²) in [5, 5.41) is 40.7. The number of nitriles is 1. The van der Waals surface area contributed by atoms with Crippen LogP contribution in [-0.2, 0) is 9.47 Å². The summed E-state index contributed by atoms with van der Waals surface area (Å²) in [6.07, 6.45) is -4.33. The number of hydrogen-bond donors (Lipinski definition) is 4. The molecule has 2 rings (SSSR count). The molecule has 1 aromatic heterocycles. The van der Waals surface area contributed by atoms with Gasteiger partial charge in [-0.05, 0) is 0 Å². The first-order valence-electron chi connectivity index (χ1n) is 5.76. The van der Waals surface area contributed by atoms with Crippen molar-refractivity contribution >= 4 is 16.7 Å². The average Bonchev–Trinajstić information content (AvgIpc) is 2.92. The van der Waals surface area contributed by atoms with Crippen molar-refractivity contribution in [3.63, 3.8) is 0 Å². The van der Waals surface area contributed by atoms with E-state index < -0.39 is 37.3 Å². The van der Waals surface area contributed by atoms with Crippen LogP contribution in [0.5, 0.6) is 0 Å². The molecule has 2 heterocycles. The lowest BCUT2D eigenvalue weighted by Gasteiger charge is -2.41. The standard InChI is InChI=1S/C10H14N4O5S/c1-18-9-6(8(17)7(16)4(3-15)19-9)13-10-12-5(2-11)14-20-10/h4,6-9,15-17H,3H2,1H3,(H,12,13,14)/t4-,6+,7+,8-,9-/m1/s1. The first-order valence-corrected chi connectivity index (χ1v) is 6.53. The predicted octanol–water partition coefficient (Wildman–Crippen LogP) is -1.72. The normalized spacial score (nSPS) is 33.6. The smallest absolute Gasteiger partial charge is 0.245 e. The van der Waals surface area contributed by atoms with Gasteiger partial charge in [0, 0.05) is 18.6 Å². The van der Waals surface area contributed by atoms with Crippen molar-refractivity contribution in [3.8, 4) is 6.07 Å². The Balaban J connectivity index is 2.13. The molecule has 5 atom stereocenters. The third-order valence-electron chi connectivity index (χ3n) is 2.93. The van der Waals surface area contributed by atoms with Crippen LogP contribution >= 0.6 is 11.5 Å². The van der Waals surface area contributed by atoms with Gasteiger partial charge in [0.1, 0.15) is 30.4 Å². The molecule has 0 bridgehead atoms. The fourth-order valence-electron chi connectivity index (χ4n) is 1.91. The zero-order chi connectivity index (χ0) is 14.7. The van der Waals surface area contributed by atoms with E-state index in [9.17, 15) is 10.2 Å². The lowest BCUT2D eigenvalue weighted by molar-refractivity contribution is -0.254. The van der Waals surface area contributed by atoms with Gasteiger partial charge < -0.3 is 30.1 Å². The van der Waals surface area contributed by atoms with Gasteiger partial charge in [-0.1, -0.05) is 0 Å². The monoisotopic (exact) mass is 302 g/mol. The number of nitrogens with one attached hydrogen (secondary N) is 1. The number of nitrogens with zero attached hydrogens (tertiary/aromatic N) is 3. The van der Waals surface area contributed by atoms with Crippen molar-refractivity contribution in [1.29, 1.82) is 5.26 Å². The zero-order valence-corrected chi connectivity index (χ0v) is 11.3. The second kappa shape index (κ2) is 6.40. The van der Waals surface area contributed by atoms with E-state index in [2.05, 4.69) is 14.7 Å². The van der Waals surface area contributed by atoms with Gasteiger partial charge in [0.25, 0.3) is 0 Å². The summed E-state index contributed by atoms with van der Waals surface area (Å²) in [6.45, 7) is -0.442. The number of aromatic nitrogens is 2. The Kier molecular flexibility index (Phi) is 4.81. The Morgan fingerprint density at radius 3 is 2.80 bits per heavy atom. The molecule has 10 heteroatoms. The molecule has 0 radical (unpaired) electrons. The lowest BCUT2D eigenvalue weighted by Crippen LogP contribution is -2.61. The first kappa shape index (κ1) is 15.0. The van der Waals surface area contributed by atoms with E-state index in [1.165, 1.54) is 7.11 Å². The molecule has 0 spiro atoms. The number of aliphatic hydroxyl groups excluding tert-OH is 3. The Morgan fingerprint density at radius 2 is 2.25 bits per heavy atom. The minimum Gasteiger partial charge on any atom is -0.394 e. The van der Waals surface area contributed by atoms with E-state index in [1.807, 2.05) is 0 Å². The number of hydrogen-bond acceptors (Lipinski definition) is 10. The van der Waals surface area contributed by atoms with E-state index >= 15 is 0 Å². The molecule has 110 valence electrons. The maximum Gasteiger partial charge on any atom is 0.245 e. The van der Waals surface area contributed by atoms with Crippen LogP contribution in [0, 0.1) is 11.3 Å². The van der Waals surface area contributed by atoms with Crippen molar-refractivity contribution in [2.45, 2.75) is 30.6 Å². The van der Waals surface area contributed by atoms with Crippen molar-refractivity contribution in [2.24, 2.45) is 0 Å². The molecule has 9 nitrogen and oxygen atoms in total. The fourth-order valence-corrected chi connectivity index (χ4v) is 2.48. The summed E-state index contributed by atoms with van der Waals surface area (Å²) in [4.78, 5) is 3.87. The lowest BCUT2D eigenvalue weighted by atomic mass is 9.97. The van der Waals surface area contributed by atoms with Crippen LogP contribution in [0.25, 0.3) is 0 Å². The molecule has 0 amide bonds. The van der Waals surface area contributed by atoms with Gasteiger partial charge in [-0.25, -0.2) is 0 Å². The van der Waals surface area contributed by atoms with Crippen molar-refractivity contribution in [1.82, 2.24) is 9.36 Å². The summed E-state index contributed by atoms with van der Waals surface area (Å²) in [6, 6.07) is 0.979. The molecule has 1 aliphatic heterocycles. The summed E-state index contributed by atoms with van der Waals surface area (Å²) < 4.78 is 14.2. The highest BCUT2D eigenvalue weighted by molar-refractivity contribution is 7.09. The van der Waals surface area contributed by atoms with Crippen molar-refractivity contribution in [3.05, 3.63) is 5.82 Å². The summed E-state index contributed by atoms with van der Waals surface area (Å²) in [7, 11) is 1.37. The minimum atomic E-state index is -1.27. The van der Waals surface area contributed by atoms with Gasteiger partial charge in [0.15, 0.2) is 6.29 Å². The molecular weight excluding hydrogens is 288 g/mol. The number of aliphatic hydroxyl groups is 3. The largest absolute Gasteiger partial charge is 0.394 e. The highest BCUT2D eigenvalue weighted by Crippen LogP contribution is 2.25. The molecular formula is C10H14N4O5S. The molecule has 0 aliphatic carbocycles. The highest BCUT2D eigenvalue weighted by Gasteiger charge is 2.44. The van der Waals surface area contributed by atoms with Gasteiger partial charge >= 0.3 is 0 Å². The molecule has 1 aliphatic rings. The summed E-state index contributed by atoms with van der Waals surface area (Å²) in [5.41, 5.74) is 0. The number of methoxy groups -OCH3 is 1. The van der Waals surface area contributed by atoms with Crippen LogP contribution in [0.3, 0.4) is 0 Å². The Labute approximate surface area is 118 Å². The van der Waals surface area contributed by atoms with Gasteiger partial charge in [0.05, 0.1) is 6.61 Å². The average molecular weight is 302 g/mol. The second-order valence-electron chi connectivity index (χ2n) is 4.15. The van der Waals surface area contributed by atoms with Crippen molar-refractivity contribution < 1.29 is 24.8 Å². The molecule has 1 fully saturated rings. The second-order valence-corrected chi connectivity index (χ2v) is 4.90. The van der Waals surface area contributed by atoms with Gasteiger partial charge in [-0.15, -0.1) is 0 Å². The van der Waals surface area contributed by atoms with E-state index in [4.69, 9.17) is 19.8 Å². The summed E-state index contributed by atoms with van der Waals surface area (Å²) in [5.74, 6) is 0.00599. The van der Waals surface area contributed by atoms with Gasteiger partial charge in [-0.2, -0.15) is 14.6 Å². The van der Waals surface area contributed by atoms with E-state index in [-0.39, 0.29) is 5.82 Å². The molecule has 1 saturated heterocycles. The Bertz CT molecular complexity index is 490. The first-order chi connectivity index (χ1) is 9.60. The molecule has 20 heavy (non-hydrogen) atoms. The maximum absolute atomic E-state index is 10.1. The third kappa shape index (κ3) is 2.88. The van der Waals surface area contributed by atoms with E-state index in [1.54, 1.807) is 6.07 Å². The van der Waals surface area contributed by atoms with E-state index in [0.29, 0.717) is 5.13 Å². The topological polar surface area (TPSA) is 141 Å². The Hall–Kier alpha value is -1.35.